The number of benzene rings is 2. The molecule has 0 atom stereocenters. The molecule has 26 heavy (non-hydrogen) atoms. The van der Waals surface area contributed by atoms with Crippen molar-refractivity contribution in [3.8, 4) is 0 Å². The summed E-state index contributed by atoms with van der Waals surface area (Å²) < 4.78 is 17.8. The van der Waals surface area contributed by atoms with Crippen LogP contribution in [-0.4, -0.2) is 24.4 Å². The van der Waals surface area contributed by atoms with Gasteiger partial charge in [-0.1, -0.05) is 24.3 Å². The second-order valence-electron chi connectivity index (χ2n) is 5.39. The molecule has 0 aliphatic carbocycles. The molecular formula is C19H19FN2O4. The summed E-state index contributed by atoms with van der Waals surface area (Å²) in [5, 5.41) is 5.12. The summed E-state index contributed by atoms with van der Waals surface area (Å²) in [4.78, 5) is 35.8. The number of carbonyl (C=O) groups is 3. The van der Waals surface area contributed by atoms with E-state index in [4.69, 9.17) is 4.74 Å². The molecule has 2 aromatic rings. The molecule has 0 saturated carbocycles. The van der Waals surface area contributed by atoms with E-state index in [1.165, 1.54) is 18.2 Å². The molecule has 0 heterocycles. The van der Waals surface area contributed by atoms with Gasteiger partial charge in [-0.15, -0.1) is 0 Å². The number of halogens is 1. The number of carbonyl (C=O) groups excluding carboxylic acids is 3. The summed E-state index contributed by atoms with van der Waals surface area (Å²) in [7, 11) is 0. The second-order valence-corrected chi connectivity index (χ2v) is 5.39. The van der Waals surface area contributed by atoms with Crippen molar-refractivity contribution in [1.82, 2.24) is 5.32 Å². The number of anilines is 1. The highest BCUT2D eigenvalue weighted by Crippen LogP contribution is 2.16. The third-order valence-electron chi connectivity index (χ3n) is 3.42. The van der Waals surface area contributed by atoms with Gasteiger partial charge in [0.25, 0.3) is 0 Å². The van der Waals surface area contributed by atoms with Crippen LogP contribution in [0.3, 0.4) is 0 Å². The molecule has 2 aromatic carbocycles. The van der Waals surface area contributed by atoms with E-state index in [9.17, 15) is 18.8 Å². The number of para-hydroxylation sites is 1. The van der Waals surface area contributed by atoms with Crippen molar-refractivity contribution in [3.05, 3.63) is 65.5 Å². The third-order valence-corrected chi connectivity index (χ3v) is 3.42. The molecule has 0 aliphatic heterocycles. The molecule has 0 spiro atoms. The maximum atomic E-state index is 12.8. The summed E-state index contributed by atoms with van der Waals surface area (Å²) >= 11 is 0. The van der Waals surface area contributed by atoms with E-state index in [-0.39, 0.29) is 30.2 Å². The van der Waals surface area contributed by atoms with Crippen molar-refractivity contribution in [3.63, 3.8) is 0 Å². The van der Waals surface area contributed by atoms with Crippen molar-refractivity contribution < 1.29 is 23.5 Å². The van der Waals surface area contributed by atoms with E-state index in [1.54, 1.807) is 37.3 Å². The Kier molecular flexibility index (Phi) is 6.84. The van der Waals surface area contributed by atoms with Crippen LogP contribution in [-0.2, 0) is 20.9 Å². The molecule has 136 valence electrons. The number of ether oxygens (including phenoxy) is 1. The van der Waals surface area contributed by atoms with Gasteiger partial charge in [-0.05, 0) is 36.8 Å². The molecule has 6 nitrogen and oxygen atoms in total. The molecular weight excluding hydrogens is 339 g/mol. The van der Waals surface area contributed by atoms with E-state index < -0.39 is 24.2 Å². The molecule has 0 saturated heterocycles. The maximum absolute atomic E-state index is 12.8. The van der Waals surface area contributed by atoms with Gasteiger partial charge in [0.2, 0.25) is 11.8 Å². The number of amides is 2. The van der Waals surface area contributed by atoms with Crippen LogP contribution in [0.25, 0.3) is 0 Å². The highest BCUT2D eigenvalue weighted by molar-refractivity contribution is 6.06. The van der Waals surface area contributed by atoms with Crippen LogP contribution < -0.4 is 10.6 Å². The van der Waals surface area contributed by atoms with E-state index in [0.29, 0.717) is 5.56 Å². The van der Waals surface area contributed by atoms with Crippen molar-refractivity contribution in [1.29, 1.82) is 0 Å². The molecule has 0 unspecified atom stereocenters. The van der Waals surface area contributed by atoms with Gasteiger partial charge in [-0.3, -0.25) is 9.59 Å². The first kappa shape index (κ1) is 19.1. The summed E-state index contributed by atoms with van der Waals surface area (Å²) in [6.45, 7) is 2.09. The number of hydrogen-bond acceptors (Lipinski definition) is 4. The zero-order valence-corrected chi connectivity index (χ0v) is 14.3. The summed E-state index contributed by atoms with van der Waals surface area (Å²) in [5.41, 5.74) is 1.21. The zero-order chi connectivity index (χ0) is 18.9. The van der Waals surface area contributed by atoms with Gasteiger partial charge in [0.05, 0.1) is 17.9 Å². The molecule has 7 heteroatoms. The summed E-state index contributed by atoms with van der Waals surface area (Å²) in [5.74, 6) is -1.96. The number of hydrogen-bond donors (Lipinski definition) is 2. The molecule has 0 bridgehead atoms. The van der Waals surface area contributed by atoms with Crippen LogP contribution in [0.15, 0.2) is 48.5 Å². The largest absolute Gasteiger partial charge is 0.462 e. The van der Waals surface area contributed by atoms with E-state index in [2.05, 4.69) is 10.6 Å². The first-order valence-electron chi connectivity index (χ1n) is 8.06. The lowest BCUT2D eigenvalue weighted by Crippen LogP contribution is -2.28. The third kappa shape index (κ3) is 5.70. The Labute approximate surface area is 150 Å². The summed E-state index contributed by atoms with van der Waals surface area (Å²) in [6.07, 6.45) is -0.404. The lowest BCUT2D eigenvalue weighted by Gasteiger charge is -2.10. The average Bonchev–Trinajstić information content (AvgIpc) is 2.62. The van der Waals surface area contributed by atoms with Crippen LogP contribution in [0, 0.1) is 5.82 Å². The van der Waals surface area contributed by atoms with Gasteiger partial charge in [0.1, 0.15) is 12.2 Å². The Hall–Kier alpha value is -3.22. The SMILES string of the molecule is CCOC(=O)c1ccccc1NC(=O)CC(=O)NCc1ccc(F)cc1. The quantitative estimate of drug-likeness (QED) is 0.589. The van der Waals surface area contributed by atoms with Gasteiger partial charge in [-0.2, -0.15) is 0 Å². The predicted octanol–water partition coefficient (Wildman–Crippen LogP) is 2.65. The van der Waals surface area contributed by atoms with Crippen LogP contribution in [0.4, 0.5) is 10.1 Å². The van der Waals surface area contributed by atoms with Gasteiger partial charge in [-0.25, -0.2) is 9.18 Å². The first-order chi connectivity index (χ1) is 12.5. The fraction of sp³-hybridized carbons (Fsp3) is 0.211. The molecule has 2 rings (SSSR count). The number of rotatable bonds is 7. The van der Waals surface area contributed by atoms with Gasteiger partial charge < -0.3 is 15.4 Å². The van der Waals surface area contributed by atoms with E-state index in [1.807, 2.05) is 0 Å². The molecule has 0 aliphatic rings. The topological polar surface area (TPSA) is 84.5 Å². The Bertz CT molecular complexity index is 790. The highest BCUT2D eigenvalue weighted by atomic mass is 19.1. The Balaban J connectivity index is 1.89. The minimum atomic E-state index is -0.557. The van der Waals surface area contributed by atoms with Crippen molar-refractivity contribution >= 4 is 23.5 Å². The predicted molar refractivity (Wildman–Crippen MR) is 93.9 cm³/mol. The van der Waals surface area contributed by atoms with Crippen molar-refractivity contribution in [2.45, 2.75) is 19.9 Å². The van der Waals surface area contributed by atoms with Crippen molar-refractivity contribution in [2.75, 3.05) is 11.9 Å². The molecule has 0 aromatic heterocycles. The Morgan fingerprint density at radius 1 is 1.00 bits per heavy atom. The van der Waals surface area contributed by atoms with E-state index in [0.717, 1.165) is 0 Å². The monoisotopic (exact) mass is 358 g/mol. The normalized spacial score (nSPS) is 10.1. The number of nitrogens with one attached hydrogen (secondary N) is 2. The number of esters is 1. The van der Waals surface area contributed by atoms with E-state index >= 15 is 0 Å². The standard InChI is InChI=1S/C19H19FN2O4/c1-2-26-19(25)15-5-3-4-6-16(15)22-18(24)11-17(23)21-12-13-7-9-14(20)10-8-13/h3-10H,2,11-12H2,1H3,(H,21,23)(H,22,24). The fourth-order valence-electron chi connectivity index (χ4n) is 2.18. The average molecular weight is 358 g/mol. The molecule has 2 amide bonds. The van der Waals surface area contributed by atoms with Crippen LogP contribution in [0.5, 0.6) is 0 Å². The Morgan fingerprint density at radius 2 is 1.69 bits per heavy atom. The molecule has 0 fully saturated rings. The minimum absolute atomic E-state index is 0.186. The van der Waals surface area contributed by atoms with Crippen LogP contribution >= 0.6 is 0 Å². The molecule has 0 radical (unpaired) electrons. The first-order valence-corrected chi connectivity index (χ1v) is 8.06. The zero-order valence-electron chi connectivity index (χ0n) is 14.3. The van der Waals surface area contributed by atoms with Gasteiger partial charge in [0, 0.05) is 6.54 Å². The maximum Gasteiger partial charge on any atom is 0.340 e. The lowest BCUT2D eigenvalue weighted by atomic mass is 10.1. The minimum Gasteiger partial charge on any atom is -0.462 e. The lowest BCUT2D eigenvalue weighted by molar-refractivity contribution is -0.126. The molecule has 2 N–H and O–H groups in total. The second kappa shape index (κ2) is 9.31. The summed E-state index contributed by atoms with van der Waals surface area (Å²) in [6, 6.07) is 12.1. The highest BCUT2D eigenvalue weighted by Gasteiger charge is 2.15. The van der Waals surface area contributed by atoms with Crippen LogP contribution in [0.1, 0.15) is 29.3 Å². The van der Waals surface area contributed by atoms with Gasteiger partial charge >= 0.3 is 5.97 Å². The Morgan fingerprint density at radius 3 is 2.38 bits per heavy atom. The van der Waals surface area contributed by atoms with Gasteiger partial charge in [0.15, 0.2) is 0 Å². The smallest absolute Gasteiger partial charge is 0.340 e. The van der Waals surface area contributed by atoms with Crippen LogP contribution in [0.2, 0.25) is 0 Å². The fourth-order valence-corrected chi connectivity index (χ4v) is 2.18. The van der Waals surface area contributed by atoms with Crippen molar-refractivity contribution in [2.24, 2.45) is 0 Å².